The second kappa shape index (κ2) is 8.32. The maximum atomic E-state index is 11.4. The van der Waals surface area contributed by atoms with E-state index in [0.717, 1.165) is 13.0 Å². The highest BCUT2D eigenvalue weighted by molar-refractivity contribution is 5.67. The largest absolute Gasteiger partial charge is 0.444 e. The van der Waals surface area contributed by atoms with Crippen LogP contribution in [-0.2, 0) is 9.47 Å². The third kappa shape index (κ3) is 10.4. The zero-order valence-electron chi connectivity index (χ0n) is 12.5. The van der Waals surface area contributed by atoms with E-state index >= 15 is 0 Å². The molecule has 2 atom stereocenters. The van der Waals surface area contributed by atoms with Crippen LogP contribution in [0.1, 0.15) is 41.0 Å². The molecule has 0 saturated heterocycles. The summed E-state index contributed by atoms with van der Waals surface area (Å²) in [5.41, 5.74) is -0.452. The molecule has 0 spiro atoms. The Labute approximate surface area is 111 Å². The topological polar surface area (TPSA) is 59.6 Å². The van der Waals surface area contributed by atoms with Crippen LogP contribution in [0.4, 0.5) is 4.79 Å². The molecule has 0 bridgehead atoms. The quantitative estimate of drug-likeness (QED) is 0.734. The van der Waals surface area contributed by atoms with Gasteiger partial charge in [-0.15, -0.1) is 0 Å². The number of carbonyl (C=O) groups is 1. The Bertz CT molecular complexity index is 239. The highest BCUT2D eigenvalue weighted by Gasteiger charge is 2.16. The van der Waals surface area contributed by atoms with Gasteiger partial charge in [0.2, 0.25) is 0 Å². The van der Waals surface area contributed by atoms with Crippen molar-refractivity contribution in [1.29, 1.82) is 0 Å². The average molecular weight is 260 g/mol. The number of amides is 1. The van der Waals surface area contributed by atoms with Gasteiger partial charge in [0.1, 0.15) is 5.60 Å². The maximum Gasteiger partial charge on any atom is 0.407 e. The zero-order valence-corrected chi connectivity index (χ0v) is 12.5. The molecule has 0 aliphatic heterocycles. The average Bonchev–Trinajstić information content (AvgIpc) is 2.21. The summed E-state index contributed by atoms with van der Waals surface area (Å²) in [5, 5.41) is 6.13. The summed E-state index contributed by atoms with van der Waals surface area (Å²) >= 11 is 0. The van der Waals surface area contributed by atoms with Crippen LogP contribution in [0.2, 0.25) is 0 Å². The first-order valence-corrected chi connectivity index (χ1v) is 6.46. The first-order chi connectivity index (χ1) is 8.24. The minimum atomic E-state index is -0.452. The van der Waals surface area contributed by atoms with E-state index in [4.69, 9.17) is 9.47 Å². The van der Waals surface area contributed by atoms with Crippen LogP contribution in [0, 0.1) is 0 Å². The van der Waals surface area contributed by atoms with Gasteiger partial charge in [0.25, 0.3) is 0 Å². The predicted octanol–water partition coefficient (Wildman–Crippen LogP) is 1.91. The van der Waals surface area contributed by atoms with Gasteiger partial charge in [0, 0.05) is 32.3 Å². The molecule has 0 heterocycles. The van der Waals surface area contributed by atoms with Gasteiger partial charge < -0.3 is 20.1 Å². The maximum absolute atomic E-state index is 11.4. The molecule has 5 heteroatoms. The highest BCUT2D eigenvalue weighted by atomic mass is 16.6. The van der Waals surface area contributed by atoms with Crippen molar-refractivity contribution in [3.63, 3.8) is 0 Å². The number of carbonyl (C=O) groups excluding carboxylic acids is 1. The summed E-state index contributed by atoms with van der Waals surface area (Å²) in [4.78, 5) is 11.4. The number of hydrogen-bond acceptors (Lipinski definition) is 4. The van der Waals surface area contributed by atoms with Crippen LogP contribution in [-0.4, -0.2) is 44.0 Å². The molecule has 0 fully saturated rings. The Balaban J connectivity index is 3.76. The van der Waals surface area contributed by atoms with Gasteiger partial charge in [0.05, 0.1) is 0 Å². The van der Waals surface area contributed by atoms with Crippen LogP contribution in [0.3, 0.4) is 0 Å². The van der Waals surface area contributed by atoms with Crippen molar-refractivity contribution in [2.24, 2.45) is 0 Å². The third-order valence-electron chi connectivity index (χ3n) is 2.28. The number of nitrogens with one attached hydrogen (secondary N) is 2. The second-order valence-corrected chi connectivity index (χ2v) is 5.63. The van der Waals surface area contributed by atoms with E-state index in [-0.39, 0.29) is 12.1 Å². The predicted molar refractivity (Wildman–Crippen MR) is 72.8 cm³/mol. The van der Waals surface area contributed by atoms with Crippen molar-refractivity contribution in [2.75, 3.05) is 20.3 Å². The normalized spacial score (nSPS) is 15.0. The molecule has 1 amide bonds. The number of hydrogen-bond donors (Lipinski definition) is 2. The summed E-state index contributed by atoms with van der Waals surface area (Å²) in [5.74, 6) is 0. The Morgan fingerprint density at radius 3 is 2.33 bits per heavy atom. The van der Waals surface area contributed by atoms with E-state index in [0.29, 0.717) is 12.6 Å². The Morgan fingerprint density at radius 1 is 1.22 bits per heavy atom. The lowest BCUT2D eigenvalue weighted by Gasteiger charge is -2.22. The molecular weight excluding hydrogens is 232 g/mol. The third-order valence-corrected chi connectivity index (χ3v) is 2.28. The Kier molecular flexibility index (Phi) is 7.95. The van der Waals surface area contributed by atoms with E-state index in [1.807, 2.05) is 27.7 Å². The molecule has 0 radical (unpaired) electrons. The van der Waals surface area contributed by atoms with Crippen molar-refractivity contribution in [1.82, 2.24) is 10.6 Å². The van der Waals surface area contributed by atoms with Gasteiger partial charge in [-0.3, -0.25) is 0 Å². The van der Waals surface area contributed by atoms with E-state index in [2.05, 4.69) is 17.6 Å². The molecular formula is C13H28N2O3. The lowest BCUT2D eigenvalue weighted by atomic mass is 10.2. The molecule has 18 heavy (non-hydrogen) atoms. The van der Waals surface area contributed by atoms with Crippen LogP contribution in [0.15, 0.2) is 0 Å². The first-order valence-electron chi connectivity index (χ1n) is 6.46. The molecule has 0 aliphatic carbocycles. The highest BCUT2D eigenvalue weighted by Crippen LogP contribution is 2.06. The lowest BCUT2D eigenvalue weighted by molar-refractivity contribution is 0.0522. The van der Waals surface area contributed by atoms with Crippen molar-refractivity contribution in [3.05, 3.63) is 0 Å². The van der Waals surface area contributed by atoms with E-state index in [9.17, 15) is 4.79 Å². The van der Waals surface area contributed by atoms with Gasteiger partial charge >= 0.3 is 6.09 Å². The fourth-order valence-corrected chi connectivity index (χ4v) is 1.47. The Morgan fingerprint density at radius 2 is 1.83 bits per heavy atom. The van der Waals surface area contributed by atoms with Crippen molar-refractivity contribution < 1.29 is 14.3 Å². The summed E-state index contributed by atoms with van der Waals surface area (Å²) in [6.07, 6.45) is 0.577. The molecule has 0 rings (SSSR count). The number of alkyl carbamates (subject to hydrolysis) is 1. The van der Waals surface area contributed by atoms with Crippen molar-refractivity contribution >= 4 is 6.09 Å². The van der Waals surface area contributed by atoms with E-state index < -0.39 is 5.60 Å². The lowest BCUT2D eigenvalue weighted by Crippen LogP contribution is -2.44. The summed E-state index contributed by atoms with van der Waals surface area (Å²) in [6, 6.07) is 0.560. The molecule has 2 unspecified atom stereocenters. The molecule has 0 aliphatic rings. The molecule has 0 aromatic rings. The summed E-state index contributed by atoms with van der Waals surface area (Å²) in [7, 11) is 1.69. The van der Waals surface area contributed by atoms with Crippen molar-refractivity contribution in [2.45, 2.75) is 58.7 Å². The minimum absolute atomic E-state index is 0.198. The molecule has 0 aromatic carbocycles. The van der Waals surface area contributed by atoms with E-state index in [1.54, 1.807) is 7.11 Å². The van der Waals surface area contributed by atoms with Gasteiger partial charge in [-0.2, -0.15) is 0 Å². The van der Waals surface area contributed by atoms with Crippen LogP contribution in [0.25, 0.3) is 0 Å². The SMILES string of the molecule is COCCC(C)NC(C)CNC(=O)OC(C)(C)C. The molecule has 0 aromatic heterocycles. The van der Waals surface area contributed by atoms with Crippen LogP contribution >= 0.6 is 0 Å². The molecule has 2 N–H and O–H groups in total. The number of ether oxygens (including phenoxy) is 2. The fraction of sp³-hybridized carbons (Fsp3) is 0.923. The molecule has 0 saturated carbocycles. The monoisotopic (exact) mass is 260 g/mol. The van der Waals surface area contributed by atoms with Gasteiger partial charge in [-0.1, -0.05) is 0 Å². The molecule has 5 nitrogen and oxygen atoms in total. The Hall–Kier alpha value is -0.810. The second-order valence-electron chi connectivity index (χ2n) is 5.63. The number of methoxy groups -OCH3 is 1. The minimum Gasteiger partial charge on any atom is -0.444 e. The fourth-order valence-electron chi connectivity index (χ4n) is 1.47. The standard InChI is InChI=1S/C13H28N2O3/c1-10(7-8-17-6)15-11(2)9-14-12(16)18-13(3,4)5/h10-11,15H,7-9H2,1-6H3,(H,14,16). The number of rotatable bonds is 7. The summed E-state index contributed by atoms with van der Waals surface area (Å²) in [6.45, 7) is 11.0. The van der Waals surface area contributed by atoms with Gasteiger partial charge in [0.15, 0.2) is 0 Å². The zero-order chi connectivity index (χ0) is 14.2. The summed E-state index contributed by atoms with van der Waals surface area (Å²) < 4.78 is 10.2. The molecule has 108 valence electrons. The van der Waals surface area contributed by atoms with Crippen LogP contribution < -0.4 is 10.6 Å². The van der Waals surface area contributed by atoms with Gasteiger partial charge in [-0.25, -0.2) is 4.79 Å². The first kappa shape index (κ1) is 17.2. The van der Waals surface area contributed by atoms with Gasteiger partial charge in [-0.05, 0) is 41.0 Å². The van der Waals surface area contributed by atoms with Crippen LogP contribution in [0.5, 0.6) is 0 Å². The van der Waals surface area contributed by atoms with Crippen molar-refractivity contribution in [3.8, 4) is 0 Å². The smallest absolute Gasteiger partial charge is 0.407 e. The van der Waals surface area contributed by atoms with E-state index in [1.165, 1.54) is 0 Å².